The smallest absolute Gasteiger partial charge is 0.303 e. The molecule has 0 aromatic heterocycles. The lowest BCUT2D eigenvalue weighted by molar-refractivity contribution is -0.213. The van der Waals surface area contributed by atoms with Crippen LogP contribution in [0.3, 0.4) is 0 Å². The fourth-order valence-corrected chi connectivity index (χ4v) is 10.1. The fraction of sp³-hybridized carbons (Fsp3) is 0.833. The number of aliphatic hydroxyl groups is 1. The van der Waals surface area contributed by atoms with Crippen LogP contribution >= 0.6 is 0 Å². The summed E-state index contributed by atoms with van der Waals surface area (Å²) in [7, 11) is 0. The summed E-state index contributed by atoms with van der Waals surface area (Å²) in [6.45, 7) is 12.5. The van der Waals surface area contributed by atoms with Gasteiger partial charge in [0.15, 0.2) is 0 Å². The SMILES string of the molecule is C=C1[C@H]2C[C@@]3([C@@H]1OC(C)=O)[C@@H](CC2=O)[C@@]12[C@@H]4[C@@H]3C[C@@H]1[C@@](C)(CC[C@@H]2O)CN4CC. The van der Waals surface area contributed by atoms with Crippen molar-refractivity contribution < 1.29 is 19.4 Å². The van der Waals surface area contributed by atoms with E-state index in [4.69, 9.17) is 4.74 Å². The summed E-state index contributed by atoms with van der Waals surface area (Å²) in [5.41, 5.74) is 0.561. The zero-order valence-corrected chi connectivity index (χ0v) is 17.8. The number of hydrogen-bond donors (Lipinski definition) is 1. The minimum Gasteiger partial charge on any atom is -0.457 e. The Kier molecular flexibility index (Phi) is 3.42. The number of nitrogens with zero attached hydrogens (tertiary/aromatic N) is 1. The highest BCUT2D eigenvalue weighted by atomic mass is 16.5. The molecule has 6 aliphatic rings. The van der Waals surface area contributed by atoms with Crippen molar-refractivity contribution in [1.82, 2.24) is 4.90 Å². The zero-order valence-electron chi connectivity index (χ0n) is 17.8. The molecule has 0 aromatic carbocycles. The Morgan fingerprint density at radius 1 is 1.38 bits per heavy atom. The number of carbonyl (C=O) groups is 2. The molecule has 158 valence electrons. The molecule has 1 saturated heterocycles. The van der Waals surface area contributed by atoms with Gasteiger partial charge in [-0.2, -0.15) is 0 Å². The Morgan fingerprint density at radius 2 is 2.14 bits per heavy atom. The van der Waals surface area contributed by atoms with Crippen LogP contribution in [0.1, 0.15) is 52.9 Å². The Morgan fingerprint density at radius 3 is 2.83 bits per heavy atom. The number of esters is 1. The number of likely N-dealkylation sites (tertiary alicyclic amines) is 1. The van der Waals surface area contributed by atoms with E-state index in [1.807, 2.05) is 0 Å². The van der Waals surface area contributed by atoms with Crippen LogP contribution in [0, 0.1) is 39.9 Å². The van der Waals surface area contributed by atoms with Gasteiger partial charge in [0.1, 0.15) is 11.9 Å². The van der Waals surface area contributed by atoms with Gasteiger partial charge in [0.05, 0.1) is 6.10 Å². The maximum atomic E-state index is 13.2. The molecule has 0 unspecified atom stereocenters. The lowest BCUT2D eigenvalue weighted by Crippen LogP contribution is -2.68. The van der Waals surface area contributed by atoms with Crippen molar-refractivity contribution in [2.45, 2.75) is 71.1 Å². The van der Waals surface area contributed by atoms with Gasteiger partial charge in [-0.25, -0.2) is 0 Å². The van der Waals surface area contributed by atoms with Gasteiger partial charge in [0.25, 0.3) is 0 Å². The van der Waals surface area contributed by atoms with Crippen LogP contribution in [0.2, 0.25) is 0 Å². The van der Waals surface area contributed by atoms with Gasteiger partial charge in [-0.15, -0.1) is 0 Å². The molecule has 1 aliphatic heterocycles. The number of rotatable bonds is 2. The number of ether oxygens (including phenoxy) is 1. The Hall–Kier alpha value is -1.20. The summed E-state index contributed by atoms with van der Waals surface area (Å²) in [4.78, 5) is 27.9. The second-order valence-corrected chi connectivity index (χ2v) is 11.3. The molecule has 29 heavy (non-hydrogen) atoms. The monoisotopic (exact) mass is 399 g/mol. The van der Waals surface area contributed by atoms with Crippen molar-refractivity contribution in [3.8, 4) is 0 Å². The van der Waals surface area contributed by atoms with E-state index in [1.54, 1.807) is 0 Å². The molecule has 0 aromatic rings. The molecule has 6 rings (SSSR count). The minimum atomic E-state index is -0.370. The topological polar surface area (TPSA) is 66.8 Å². The average Bonchev–Trinajstić information content (AvgIpc) is 3.19. The summed E-state index contributed by atoms with van der Waals surface area (Å²) in [5, 5.41) is 11.6. The molecular weight excluding hydrogens is 366 g/mol. The number of fused-ring (bicyclic) bond motifs is 1. The summed E-state index contributed by atoms with van der Waals surface area (Å²) < 4.78 is 5.96. The molecule has 2 spiro atoms. The van der Waals surface area contributed by atoms with Crippen molar-refractivity contribution in [2.24, 2.45) is 39.9 Å². The van der Waals surface area contributed by atoms with Crippen molar-refractivity contribution >= 4 is 11.8 Å². The number of carbonyl (C=O) groups excluding carboxylic acids is 2. The van der Waals surface area contributed by atoms with Gasteiger partial charge >= 0.3 is 5.97 Å². The standard InChI is InChI=1S/C24H33NO4/c1-5-25-11-22(4)7-6-19(28)24-17(22)8-15(20(24)25)23-10-14(16(27)9-18(23)24)12(2)21(23)29-13(3)26/h14-15,17-21,28H,2,5-11H2,1,3-4H3/t14-,15+,17-,18-,19+,20+,21-,22+,23+,24+/m1/s1. The van der Waals surface area contributed by atoms with E-state index >= 15 is 0 Å². The van der Waals surface area contributed by atoms with Crippen LogP contribution in [0.4, 0.5) is 0 Å². The molecular formula is C24H33NO4. The van der Waals surface area contributed by atoms with Crippen LogP contribution in [0.25, 0.3) is 0 Å². The highest BCUT2D eigenvalue weighted by Crippen LogP contribution is 2.83. The molecule has 10 atom stereocenters. The molecule has 5 aliphatic carbocycles. The summed E-state index contributed by atoms with van der Waals surface area (Å²) in [6.07, 6.45) is 3.54. The molecule has 1 heterocycles. The number of aliphatic hydroxyl groups excluding tert-OH is 1. The molecule has 0 radical (unpaired) electrons. The third kappa shape index (κ3) is 1.76. The highest BCUT2D eigenvalue weighted by molar-refractivity contribution is 5.87. The van der Waals surface area contributed by atoms with Gasteiger partial charge < -0.3 is 9.84 Å². The predicted octanol–water partition coefficient (Wildman–Crippen LogP) is 2.57. The number of hydrogen-bond acceptors (Lipinski definition) is 5. The van der Waals surface area contributed by atoms with Crippen LogP contribution in [-0.4, -0.2) is 53.1 Å². The van der Waals surface area contributed by atoms with Crippen molar-refractivity contribution in [3.63, 3.8) is 0 Å². The van der Waals surface area contributed by atoms with E-state index in [-0.39, 0.29) is 52.0 Å². The van der Waals surface area contributed by atoms with E-state index in [0.29, 0.717) is 24.3 Å². The van der Waals surface area contributed by atoms with Gasteiger partial charge in [0.2, 0.25) is 0 Å². The van der Waals surface area contributed by atoms with Gasteiger partial charge in [-0.3, -0.25) is 14.5 Å². The molecule has 7 bridgehead atoms. The maximum absolute atomic E-state index is 13.2. The highest BCUT2D eigenvalue weighted by Gasteiger charge is 2.85. The van der Waals surface area contributed by atoms with Gasteiger partial charge in [-0.05, 0) is 61.0 Å². The first-order valence-corrected chi connectivity index (χ1v) is 11.5. The zero-order chi connectivity index (χ0) is 20.5. The molecule has 0 amide bonds. The van der Waals surface area contributed by atoms with Crippen LogP contribution in [0.5, 0.6) is 0 Å². The van der Waals surface area contributed by atoms with E-state index in [0.717, 1.165) is 44.3 Å². The van der Waals surface area contributed by atoms with Crippen molar-refractivity contribution in [3.05, 3.63) is 12.2 Å². The van der Waals surface area contributed by atoms with E-state index in [9.17, 15) is 14.7 Å². The van der Waals surface area contributed by atoms with E-state index < -0.39 is 0 Å². The third-order valence-electron chi connectivity index (χ3n) is 10.6. The summed E-state index contributed by atoms with van der Waals surface area (Å²) in [6, 6.07) is 0.293. The molecule has 5 saturated carbocycles. The first-order valence-electron chi connectivity index (χ1n) is 11.5. The molecule has 6 fully saturated rings. The van der Waals surface area contributed by atoms with Crippen molar-refractivity contribution in [2.75, 3.05) is 13.1 Å². The second kappa shape index (κ2) is 5.34. The predicted molar refractivity (Wildman–Crippen MR) is 107 cm³/mol. The summed E-state index contributed by atoms with van der Waals surface area (Å²) >= 11 is 0. The number of ketones is 1. The molecule has 5 heteroatoms. The number of Topliss-reactive ketones (excluding diaryl/α,β-unsaturated/α-hetero) is 1. The first kappa shape index (κ1) is 18.6. The largest absolute Gasteiger partial charge is 0.457 e. The van der Waals surface area contributed by atoms with Crippen LogP contribution < -0.4 is 0 Å². The average molecular weight is 400 g/mol. The third-order valence-corrected chi connectivity index (χ3v) is 10.6. The summed E-state index contributed by atoms with van der Waals surface area (Å²) in [5.74, 6) is 0.727. The molecule has 1 N–H and O–H groups in total. The minimum absolute atomic E-state index is 0.0973. The lowest BCUT2D eigenvalue weighted by Gasteiger charge is -2.65. The quantitative estimate of drug-likeness (QED) is 0.571. The van der Waals surface area contributed by atoms with Crippen molar-refractivity contribution in [1.29, 1.82) is 0 Å². The Bertz CT molecular complexity index is 839. The fourth-order valence-electron chi connectivity index (χ4n) is 10.1. The maximum Gasteiger partial charge on any atom is 0.303 e. The second-order valence-electron chi connectivity index (χ2n) is 11.3. The first-order chi connectivity index (χ1) is 13.7. The Labute approximate surface area is 172 Å². The van der Waals surface area contributed by atoms with E-state index in [2.05, 4.69) is 25.3 Å². The van der Waals surface area contributed by atoms with Gasteiger partial charge in [0, 0.05) is 42.7 Å². The van der Waals surface area contributed by atoms with Crippen LogP contribution in [0.15, 0.2) is 12.2 Å². The van der Waals surface area contributed by atoms with E-state index in [1.165, 1.54) is 6.92 Å². The normalized spacial score (nSPS) is 57.2. The van der Waals surface area contributed by atoms with Gasteiger partial charge in [-0.1, -0.05) is 20.4 Å². The van der Waals surface area contributed by atoms with Crippen LogP contribution in [-0.2, 0) is 14.3 Å². The molecule has 5 nitrogen and oxygen atoms in total. The number of piperidine rings is 1. The Balaban J connectivity index is 1.59. The lowest BCUT2D eigenvalue weighted by atomic mass is 9.43.